The third kappa shape index (κ3) is 3.60. The van der Waals surface area contributed by atoms with Crippen molar-refractivity contribution in [3.63, 3.8) is 0 Å². The molecular formula is C11H19N5O2S. The molecule has 1 aromatic heterocycles. The SMILES string of the molecule is CC(C)C(Sc1n[nH]c(N)n1)C(=O)N1CCOCC1. The first-order chi connectivity index (χ1) is 9.08. The van der Waals surface area contributed by atoms with Crippen LogP contribution in [0.3, 0.4) is 0 Å². The van der Waals surface area contributed by atoms with Gasteiger partial charge >= 0.3 is 0 Å². The Kier molecular flexibility index (Phi) is 4.65. The number of H-pyrrole nitrogens is 1. The number of carbonyl (C=O) groups is 1. The molecule has 0 radical (unpaired) electrons. The molecule has 19 heavy (non-hydrogen) atoms. The Morgan fingerprint density at radius 1 is 1.47 bits per heavy atom. The van der Waals surface area contributed by atoms with Crippen molar-refractivity contribution < 1.29 is 9.53 Å². The van der Waals surface area contributed by atoms with Crippen LogP contribution >= 0.6 is 11.8 Å². The number of morpholine rings is 1. The Morgan fingerprint density at radius 3 is 2.68 bits per heavy atom. The molecule has 0 bridgehead atoms. The van der Waals surface area contributed by atoms with Gasteiger partial charge in [-0.2, -0.15) is 4.98 Å². The summed E-state index contributed by atoms with van der Waals surface area (Å²) in [5.41, 5.74) is 5.49. The van der Waals surface area contributed by atoms with Crippen LogP contribution in [-0.4, -0.2) is 57.5 Å². The molecule has 0 aromatic carbocycles. The average Bonchev–Trinajstić information content (AvgIpc) is 2.81. The van der Waals surface area contributed by atoms with Gasteiger partial charge in [-0.1, -0.05) is 25.6 Å². The molecule has 1 amide bonds. The van der Waals surface area contributed by atoms with E-state index in [1.807, 2.05) is 18.7 Å². The maximum Gasteiger partial charge on any atom is 0.236 e. The van der Waals surface area contributed by atoms with E-state index in [9.17, 15) is 4.79 Å². The molecular weight excluding hydrogens is 266 g/mol. The molecule has 3 N–H and O–H groups in total. The van der Waals surface area contributed by atoms with Gasteiger partial charge in [0.15, 0.2) is 0 Å². The molecule has 7 nitrogen and oxygen atoms in total. The highest BCUT2D eigenvalue weighted by Crippen LogP contribution is 2.27. The predicted octanol–water partition coefficient (Wildman–Crippen LogP) is 0.362. The minimum Gasteiger partial charge on any atom is -0.378 e. The molecule has 0 saturated carbocycles. The number of nitrogen functional groups attached to an aromatic ring is 1. The summed E-state index contributed by atoms with van der Waals surface area (Å²) >= 11 is 1.35. The van der Waals surface area contributed by atoms with E-state index in [1.54, 1.807) is 0 Å². The molecule has 1 aliphatic rings. The van der Waals surface area contributed by atoms with Gasteiger partial charge in [0.25, 0.3) is 0 Å². The number of nitrogens with zero attached hydrogens (tertiary/aromatic N) is 3. The summed E-state index contributed by atoms with van der Waals surface area (Å²) in [6, 6.07) is 0. The minimum atomic E-state index is -0.201. The molecule has 1 aliphatic heterocycles. The van der Waals surface area contributed by atoms with Crippen molar-refractivity contribution in [2.45, 2.75) is 24.3 Å². The Bertz CT molecular complexity index is 430. The van der Waals surface area contributed by atoms with Crippen LogP contribution in [0.15, 0.2) is 5.16 Å². The highest BCUT2D eigenvalue weighted by molar-refractivity contribution is 8.00. The van der Waals surface area contributed by atoms with Gasteiger partial charge in [0, 0.05) is 13.1 Å². The molecule has 1 atom stereocenters. The number of carbonyl (C=O) groups excluding carboxylic acids is 1. The van der Waals surface area contributed by atoms with E-state index in [2.05, 4.69) is 15.2 Å². The number of hydrogen-bond donors (Lipinski definition) is 2. The summed E-state index contributed by atoms with van der Waals surface area (Å²) in [4.78, 5) is 18.4. The topological polar surface area (TPSA) is 97.1 Å². The second kappa shape index (κ2) is 6.25. The number of anilines is 1. The van der Waals surface area contributed by atoms with Gasteiger partial charge in [-0.15, -0.1) is 5.10 Å². The van der Waals surface area contributed by atoms with Gasteiger partial charge in [0.2, 0.25) is 17.0 Å². The summed E-state index contributed by atoms with van der Waals surface area (Å²) in [7, 11) is 0. The summed E-state index contributed by atoms with van der Waals surface area (Å²) < 4.78 is 5.26. The highest BCUT2D eigenvalue weighted by Gasteiger charge is 2.30. The first-order valence-corrected chi connectivity index (χ1v) is 7.17. The van der Waals surface area contributed by atoms with Crippen molar-refractivity contribution in [1.82, 2.24) is 20.1 Å². The summed E-state index contributed by atoms with van der Waals surface area (Å²) in [5.74, 6) is 0.579. The smallest absolute Gasteiger partial charge is 0.236 e. The third-order valence-electron chi connectivity index (χ3n) is 2.89. The van der Waals surface area contributed by atoms with Crippen molar-refractivity contribution in [2.24, 2.45) is 5.92 Å². The molecule has 1 aromatic rings. The van der Waals surface area contributed by atoms with Crippen LogP contribution in [0.5, 0.6) is 0 Å². The lowest BCUT2D eigenvalue weighted by molar-refractivity contribution is -0.135. The number of aromatic nitrogens is 3. The standard InChI is InChI=1S/C11H19N5O2S/c1-7(2)8(19-11-13-10(12)14-15-11)9(17)16-3-5-18-6-4-16/h7-8H,3-6H2,1-2H3,(H3,12,13,14,15). The van der Waals surface area contributed by atoms with Gasteiger partial charge in [0.05, 0.1) is 18.5 Å². The quantitative estimate of drug-likeness (QED) is 0.775. The zero-order valence-electron chi connectivity index (χ0n) is 11.1. The zero-order valence-corrected chi connectivity index (χ0v) is 11.9. The number of nitrogens with one attached hydrogen (secondary N) is 1. The summed E-state index contributed by atoms with van der Waals surface area (Å²) in [6.07, 6.45) is 0. The van der Waals surface area contributed by atoms with Crippen molar-refractivity contribution >= 4 is 23.6 Å². The first-order valence-electron chi connectivity index (χ1n) is 6.29. The van der Waals surface area contributed by atoms with E-state index in [0.29, 0.717) is 31.5 Å². The number of thioether (sulfide) groups is 1. The lowest BCUT2D eigenvalue weighted by atomic mass is 10.1. The van der Waals surface area contributed by atoms with Crippen LogP contribution in [0.4, 0.5) is 5.95 Å². The zero-order chi connectivity index (χ0) is 13.8. The molecule has 1 fully saturated rings. The number of hydrogen-bond acceptors (Lipinski definition) is 6. The monoisotopic (exact) mass is 285 g/mol. The molecule has 106 valence electrons. The number of amides is 1. The van der Waals surface area contributed by atoms with Crippen LogP contribution in [0.25, 0.3) is 0 Å². The summed E-state index contributed by atoms with van der Waals surface area (Å²) in [5, 5.41) is 6.87. The van der Waals surface area contributed by atoms with Crippen LogP contribution in [-0.2, 0) is 9.53 Å². The van der Waals surface area contributed by atoms with Crippen LogP contribution in [0, 0.1) is 5.92 Å². The van der Waals surface area contributed by atoms with Crippen molar-refractivity contribution in [3.05, 3.63) is 0 Å². The minimum absolute atomic E-state index is 0.117. The molecule has 1 saturated heterocycles. The van der Waals surface area contributed by atoms with E-state index in [0.717, 1.165) is 0 Å². The normalized spacial score (nSPS) is 17.7. The van der Waals surface area contributed by atoms with Gasteiger partial charge in [-0.25, -0.2) is 5.10 Å². The molecule has 2 rings (SSSR count). The second-order valence-corrected chi connectivity index (χ2v) is 5.83. The molecule has 1 unspecified atom stereocenters. The largest absolute Gasteiger partial charge is 0.378 e. The van der Waals surface area contributed by atoms with E-state index in [4.69, 9.17) is 10.5 Å². The molecule has 8 heteroatoms. The van der Waals surface area contributed by atoms with Gasteiger partial charge < -0.3 is 15.4 Å². The maximum absolute atomic E-state index is 12.5. The fraction of sp³-hybridized carbons (Fsp3) is 0.727. The maximum atomic E-state index is 12.5. The van der Waals surface area contributed by atoms with Crippen molar-refractivity contribution in [2.75, 3.05) is 32.0 Å². The number of ether oxygens (including phenoxy) is 1. The molecule has 2 heterocycles. The Morgan fingerprint density at radius 2 is 2.16 bits per heavy atom. The van der Waals surface area contributed by atoms with Gasteiger partial charge in [0.1, 0.15) is 0 Å². The van der Waals surface area contributed by atoms with Gasteiger partial charge in [-0.05, 0) is 5.92 Å². The fourth-order valence-corrected chi connectivity index (χ4v) is 2.86. The lowest BCUT2D eigenvalue weighted by Gasteiger charge is -2.31. The van der Waals surface area contributed by atoms with E-state index < -0.39 is 0 Å². The number of aromatic amines is 1. The molecule has 0 aliphatic carbocycles. The van der Waals surface area contributed by atoms with Crippen LogP contribution < -0.4 is 5.73 Å². The van der Waals surface area contributed by atoms with Crippen LogP contribution in [0.2, 0.25) is 0 Å². The fourth-order valence-electron chi connectivity index (χ4n) is 1.86. The van der Waals surface area contributed by atoms with Gasteiger partial charge in [-0.3, -0.25) is 4.79 Å². The van der Waals surface area contributed by atoms with E-state index in [-0.39, 0.29) is 23.0 Å². The van der Waals surface area contributed by atoms with Crippen LogP contribution in [0.1, 0.15) is 13.8 Å². The van der Waals surface area contributed by atoms with Crippen molar-refractivity contribution in [3.8, 4) is 0 Å². The lowest BCUT2D eigenvalue weighted by Crippen LogP contribution is -2.46. The van der Waals surface area contributed by atoms with Crippen molar-refractivity contribution in [1.29, 1.82) is 0 Å². The second-order valence-electron chi connectivity index (χ2n) is 4.72. The number of rotatable bonds is 4. The molecule has 0 spiro atoms. The van der Waals surface area contributed by atoms with E-state index >= 15 is 0 Å². The Balaban J connectivity index is 2.04. The number of nitrogens with two attached hydrogens (primary N) is 1. The Hall–Kier alpha value is -1.28. The van der Waals surface area contributed by atoms with E-state index in [1.165, 1.54) is 11.8 Å². The first kappa shape index (κ1) is 14.1. The summed E-state index contributed by atoms with van der Waals surface area (Å²) in [6.45, 7) is 6.55. The highest BCUT2D eigenvalue weighted by atomic mass is 32.2. The predicted molar refractivity (Wildman–Crippen MR) is 72.7 cm³/mol. The average molecular weight is 285 g/mol. The Labute approximate surface area is 116 Å². The third-order valence-corrected chi connectivity index (χ3v) is 4.28.